The third-order valence-electron chi connectivity index (χ3n) is 6.01. The molecule has 0 aromatic heterocycles. The van der Waals surface area contributed by atoms with E-state index in [0.717, 1.165) is 31.5 Å². The summed E-state index contributed by atoms with van der Waals surface area (Å²) in [5.74, 6) is -0.364. The minimum Gasteiger partial charge on any atom is -0.406 e. The van der Waals surface area contributed by atoms with Gasteiger partial charge in [0.25, 0.3) is 0 Å². The number of halogens is 3. The first kappa shape index (κ1) is 25.2. The van der Waals surface area contributed by atoms with Gasteiger partial charge in [-0.15, -0.1) is 13.2 Å². The summed E-state index contributed by atoms with van der Waals surface area (Å²) in [5.41, 5.74) is 2.36. The number of hydrogen-bond donors (Lipinski definition) is 1. The van der Waals surface area contributed by atoms with Crippen molar-refractivity contribution in [1.29, 1.82) is 0 Å². The van der Waals surface area contributed by atoms with Crippen LogP contribution in [0, 0.1) is 0 Å². The topological polar surface area (TPSA) is 53.9 Å². The number of nitrogens with one attached hydrogen (secondary N) is 1. The molecule has 0 bridgehead atoms. The van der Waals surface area contributed by atoms with Crippen molar-refractivity contribution in [2.24, 2.45) is 4.36 Å². The highest BCUT2D eigenvalue weighted by Crippen LogP contribution is 2.32. The highest BCUT2D eigenvalue weighted by atomic mass is 32.2. The van der Waals surface area contributed by atoms with Crippen molar-refractivity contribution in [2.75, 3.05) is 20.1 Å². The smallest absolute Gasteiger partial charge is 0.406 e. The molecule has 1 aliphatic heterocycles. The second-order valence-corrected chi connectivity index (χ2v) is 10.5. The first-order valence-electron chi connectivity index (χ1n) is 11.4. The van der Waals surface area contributed by atoms with Gasteiger partial charge in [0.2, 0.25) is 0 Å². The zero-order chi connectivity index (χ0) is 24.9. The van der Waals surface area contributed by atoms with Gasteiger partial charge in [-0.05, 0) is 54.8 Å². The van der Waals surface area contributed by atoms with E-state index in [4.69, 9.17) is 0 Å². The molecular formula is C26H28F3N3O2S. The van der Waals surface area contributed by atoms with Crippen molar-refractivity contribution in [1.82, 2.24) is 9.62 Å². The van der Waals surface area contributed by atoms with Gasteiger partial charge in [-0.1, -0.05) is 60.7 Å². The molecule has 0 spiro atoms. The third-order valence-corrected chi connectivity index (χ3v) is 8.09. The summed E-state index contributed by atoms with van der Waals surface area (Å²) in [7, 11) is -1.58. The lowest BCUT2D eigenvalue weighted by Gasteiger charge is -2.39. The molecule has 0 radical (unpaired) electrons. The Morgan fingerprint density at radius 3 is 2.06 bits per heavy atom. The van der Waals surface area contributed by atoms with E-state index in [1.54, 1.807) is 0 Å². The van der Waals surface area contributed by atoms with Crippen LogP contribution in [-0.2, 0) is 9.92 Å². The monoisotopic (exact) mass is 503 g/mol. The summed E-state index contributed by atoms with van der Waals surface area (Å²) in [5, 5.41) is 0. The number of alkyl halides is 3. The Labute approximate surface area is 204 Å². The first-order valence-corrected chi connectivity index (χ1v) is 12.9. The molecule has 35 heavy (non-hydrogen) atoms. The second kappa shape index (κ2) is 10.8. The van der Waals surface area contributed by atoms with Crippen molar-refractivity contribution in [2.45, 2.75) is 36.2 Å². The van der Waals surface area contributed by atoms with Gasteiger partial charge < -0.3 is 4.74 Å². The van der Waals surface area contributed by atoms with Crippen molar-refractivity contribution in [3.05, 3.63) is 96.1 Å². The summed E-state index contributed by atoms with van der Waals surface area (Å²) in [6.07, 6.45) is -3.06. The molecule has 0 saturated carbocycles. The minimum absolute atomic E-state index is 0.0513. The highest BCUT2D eigenvalue weighted by Gasteiger charge is 2.32. The van der Waals surface area contributed by atoms with Crippen molar-refractivity contribution >= 4 is 9.92 Å². The lowest BCUT2D eigenvalue weighted by Crippen LogP contribution is -2.48. The molecule has 2 atom stereocenters. The second-order valence-electron chi connectivity index (χ2n) is 8.40. The third kappa shape index (κ3) is 6.42. The molecule has 2 unspecified atom stereocenters. The van der Waals surface area contributed by atoms with Crippen LogP contribution in [0.3, 0.4) is 0 Å². The molecule has 3 aromatic carbocycles. The Morgan fingerprint density at radius 2 is 1.54 bits per heavy atom. The molecule has 1 heterocycles. The predicted octanol–water partition coefficient (Wildman–Crippen LogP) is 5.80. The fourth-order valence-electron chi connectivity index (χ4n) is 4.50. The number of likely N-dealkylation sites (tertiary alicyclic amines) is 1. The van der Waals surface area contributed by atoms with Gasteiger partial charge in [0.05, 0.1) is 10.9 Å². The molecule has 0 aliphatic carbocycles. The maximum absolute atomic E-state index is 13.7. The molecule has 9 heteroatoms. The maximum atomic E-state index is 13.7. The van der Waals surface area contributed by atoms with Crippen LogP contribution >= 0.6 is 0 Å². The molecule has 186 valence electrons. The van der Waals surface area contributed by atoms with Crippen LogP contribution in [-0.4, -0.2) is 41.7 Å². The maximum Gasteiger partial charge on any atom is 0.573 e. The summed E-state index contributed by atoms with van der Waals surface area (Å²) in [6, 6.07) is 25.5. The van der Waals surface area contributed by atoms with Crippen LogP contribution in [0.1, 0.15) is 30.0 Å². The van der Waals surface area contributed by atoms with Gasteiger partial charge in [0.15, 0.2) is 0 Å². The molecule has 1 N–H and O–H groups in total. The van der Waals surface area contributed by atoms with Gasteiger partial charge in [-0.2, -0.15) is 0 Å². The summed E-state index contributed by atoms with van der Waals surface area (Å²) < 4.78 is 62.4. The van der Waals surface area contributed by atoms with E-state index < -0.39 is 16.3 Å². The predicted molar refractivity (Wildman–Crippen MR) is 130 cm³/mol. The van der Waals surface area contributed by atoms with Gasteiger partial charge in [-0.25, -0.2) is 13.3 Å². The molecule has 3 aromatic rings. The van der Waals surface area contributed by atoms with Crippen LogP contribution in [0.4, 0.5) is 13.2 Å². The Morgan fingerprint density at radius 1 is 0.971 bits per heavy atom. The van der Waals surface area contributed by atoms with Crippen molar-refractivity contribution in [3.63, 3.8) is 0 Å². The van der Waals surface area contributed by atoms with Gasteiger partial charge in [0.1, 0.15) is 15.7 Å². The van der Waals surface area contributed by atoms with Crippen molar-refractivity contribution in [3.8, 4) is 5.75 Å². The van der Waals surface area contributed by atoms with Gasteiger partial charge in [-0.3, -0.25) is 4.90 Å². The van der Waals surface area contributed by atoms with E-state index in [2.05, 4.69) is 43.0 Å². The zero-order valence-electron chi connectivity index (χ0n) is 19.3. The van der Waals surface area contributed by atoms with Crippen LogP contribution in [0.5, 0.6) is 5.75 Å². The number of benzene rings is 3. The Kier molecular flexibility index (Phi) is 7.78. The largest absolute Gasteiger partial charge is 0.573 e. The quantitative estimate of drug-likeness (QED) is 0.443. The number of nitrogens with zero attached hydrogens (tertiary/aromatic N) is 2. The molecule has 1 aliphatic rings. The average molecular weight is 504 g/mol. The number of hydrogen-bond acceptors (Lipinski definition) is 4. The fraction of sp³-hybridized carbons (Fsp3) is 0.308. The van der Waals surface area contributed by atoms with Gasteiger partial charge in [0, 0.05) is 19.6 Å². The number of ether oxygens (including phenoxy) is 1. The SMILES string of the molecule is CN=S(=O)(NC1CCCN(C(c2ccccc2)c2ccccc2)C1)c1ccc(OC(F)(F)F)cc1. The van der Waals surface area contributed by atoms with Crippen molar-refractivity contribution < 1.29 is 22.1 Å². The lowest BCUT2D eigenvalue weighted by atomic mass is 9.94. The van der Waals surface area contributed by atoms with E-state index >= 15 is 0 Å². The molecule has 5 nitrogen and oxygen atoms in total. The van der Waals surface area contributed by atoms with Gasteiger partial charge >= 0.3 is 6.36 Å². The summed E-state index contributed by atoms with van der Waals surface area (Å²) in [6.45, 7) is 1.54. The summed E-state index contributed by atoms with van der Waals surface area (Å²) >= 11 is 0. The van der Waals surface area contributed by atoms with E-state index in [9.17, 15) is 17.4 Å². The van der Waals surface area contributed by atoms with Crippen LogP contribution in [0.2, 0.25) is 0 Å². The Bertz CT molecular complexity index is 1170. The van der Waals surface area contributed by atoms with E-state index in [1.165, 1.54) is 30.3 Å². The van der Waals surface area contributed by atoms with E-state index in [0.29, 0.717) is 11.4 Å². The Hall–Kier alpha value is -2.88. The van der Waals surface area contributed by atoms with E-state index in [-0.39, 0.29) is 17.8 Å². The Balaban J connectivity index is 1.54. The lowest BCUT2D eigenvalue weighted by molar-refractivity contribution is -0.274. The molecule has 1 saturated heterocycles. The molecule has 1 fully saturated rings. The first-order chi connectivity index (χ1) is 16.8. The zero-order valence-corrected chi connectivity index (χ0v) is 20.1. The highest BCUT2D eigenvalue weighted by molar-refractivity contribution is 7.91. The van der Waals surface area contributed by atoms with E-state index in [1.807, 2.05) is 36.4 Å². The molecule has 4 rings (SSSR count). The number of rotatable bonds is 7. The molecular weight excluding hydrogens is 475 g/mol. The number of piperidine rings is 1. The van der Waals surface area contributed by atoms with Crippen LogP contribution in [0.25, 0.3) is 0 Å². The van der Waals surface area contributed by atoms with Crippen LogP contribution in [0.15, 0.2) is 94.2 Å². The minimum atomic E-state index is -4.78. The summed E-state index contributed by atoms with van der Waals surface area (Å²) in [4.78, 5) is 2.69. The normalized spacial score (nSPS) is 18.7. The standard InChI is InChI=1S/C26H28F3N3O2S/c1-30-35(33,24-16-14-23(15-17-24)34-26(27,28)29)31-22-13-8-18-32(19-22)25(20-9-4-2-5-10-20)21-11-6-3-7-12-21/h2-7,9-12,14-17,22,25H,8,13,18-19H2,1H3,(H,30,31,33). The van der Waals surface area contributed by atoms with Crippen LogP contribution < -0.4 is 9.46 Å². The molecule has 0 amide bonds. The fourth-order valence-corrected chi connectivity index (χ4v) is 6.10. The average Bonchev–Trinajstić information content (AvgIpc) is 2.85.